The van der Waals surface area contributed by atoms with Crippen LogP contribution in [-0.4, -0.2) is 44.6 Å². The summed E-state index contributed by atoms with van der Waals surface area (Å²) in [5.41, 5.74) is 1.78. The molecular weight excluding hydrogens is 540 g/mol. The van der Waals surface area contributed by atoms with E-state index in [2.05, 4.69) is 25.1 Å². The van der Waals surface area contributed by atoms with Crippen molar-refractivity contribution in [2.45, 2.75) is 19.6 Å². The van der Waals surface area contributed by atoms with Gasteiger partial charge >= 0.3 is 12.1 Å². The zero-order chi connectivity index (χ0) is 27.9. The van der Waals surface area contributed by atoms with Gasteiger partial charge in [0, 0.05) is 11.5 Å². The van der Waals surface area contributed by atoms with E-state index in [1.807, 2.05) is 0 Å². The van der Waals surface area contributed by atoms with Gasteiger partial charge in [-0.15, -0.1) is 0 Å². The van der Waals surface area contributed by atoms with Gasteiger partial charge in [0.05, 0.1) is 34.6 Å². The number of hydrogen-bond donors (Lipinski definition) is 2. The molecule has 4 rings (SSSR count). The number of primary amides is 1. The smallest absolute Gasteiger partial charge is 0.437 e. The highest BCUT2D eigenvalue weighted by Gasteiger charge is 2.39. The molecule has 1 aromatic carbocycles. The second-order valence-electron chi connectivity index (χ2n) is 7.74. The lowest BCUT2D eigenvalue weighted by atomic mass is 10.1. The average molecular weight is 555 g/mol. The van der Waals surface area contributed by atoms with Gasteiger partial charge in [-0.05, 0) is 19.1 Å². The number of alkyl halides is 3. The van der Waals surface area contributed by atoms with Gasteiger partial charge in [-0.3, -0.25) is 14.3 Å². The summed E-state index contributed by atoms with van der Waals surface area (Å²) in [4.78, 5) is 44.2. The van der Waals surface area contributed by atoms with E-state index >= 15 is 0 Å². The van der Waals surface area contributed by atoms with Crippen LogP contribution in [0.1, 0.15) is 48.6 Å². The van der Waals surface area contributed by atoms with Gasteiger partial charge in [0.15, 0.2) is 11.4 Å². The molecule has 0 saturated carbocycles. The summed E-state index contributed by atoms with van der Waals surface area (Å²) < 4.78 is 66.0. The molecule has 0 radical (unpaired) electrons. The number of carbonyl (C=O) groups excluding carboxylic acids is 3. The summed E-state index contributed by atoms with van der Waals surface area (Å²) in [6.45, 7) is 0.814. The summed E-state index contributed by atoms with van der Waals surface area (Å²) in [6.07, 6.45) is -4.04. The standard InChI is InChI=1S/C22H15ClF4N6O5/c1-8-17(18(22(25,26)27)32-33(8)6-16-30-15(7-38-16)21(36)37-2)31-20(35)10-4-14(19(28)34)29-13-5-12(24)11(23)3-9(10)13/h3-5,7H,6H2,1-2H3,(H2,28,34)(H,31,35). The first-order chi connectivity index (χ1) is 17.8. The highest BCUT2D eigenvalue weighted by atomic mass is 35.5. The van der Waals surface area contributed by atoms with Crippen molar-refractivity contribution in [3.8, 4) is 0 Å². The third kappa shape index (κ3) is 5.00. The van der Waals surface area contributed by atoms with Crippen molar-refractivity contribution in [2.24, 2.45) is 5.73 Å². The molecule has 0 bridgehead atoms. The molecule has 4 aromatic rings. The van der Waals surface area contributed by atoms with Gasteiger partial charge in [-0.25, -0.2) is 19.2 Å². The number of fused-ring (bicyclic) bond motifs is 1. The minimum absolute atomic E-state index is 0.0485. The Kier molecular flexibility index (Phi) is 6.80. The molecule has 0 aliphatic carbocycles. The number of amides is 2. The third-order valence-corrected chi connectivity index (χ3v) is 5.58. The lowest BCUT2D eigenvalue weighted by Crippen LogP contribution is -2.19. The molecule has 11 nitrogen and oxygen atoms in total. The molecule has 38 heavy (non-hydrogen) atoms. The number of nitrogens with zero attached hydrogens (tertiary/aromatic N) is 4. The molecule has 0 atom stereocenters. The number of pyridine rings is 1. The van der Waals surface area contributed by atoms with Crippen molar-refractivity contribution in [1.29, 1.82) is 0 Å². The molecule has 198 valence electrons. The number of oxazole rings is 1. The SMILES string of the molecule is COC(=O)c1coc(Cn2nc(C(F)(F)F)c(NC(=O)c3cc(C(N)=O)nc4cc(F)c(Cl)cc34)c2C)n1. The largest absolute Gasteiger partial charge is 0.464 e. The first-order valence-corrected chi connectivity index (χ1v) is 10.8. The number of rotatable bonds is 6. The normalized spacial score (nSPS) is 11.6. The molecule has 3 heterocycles. The van der Waals surface area contributed by atoms with Crippen LogP contribution in [0.3, 0.4) is 0 Å². The van der Waals surface area contributed by atoms with Crippen molar-refractivity contribution in [1.82, 2.24) is 19.7 Å². The lowest BCUT2D eigenvalue weighted by Gasteiger charge is -2.12. The maximum Gasteiger partial charge on any atom is 0.437 e. The van der Waals surface area contributed by atoms with Crippen molar-refractivity contribution < 1.29 is 41.1 Å². The van der Waals surface area contributed by atoms with Crippen LogP contribution >= 0.6 is 11.6 Å². The predicted octanol–water partition coefficient (Wildman–Crippen LogP) is 3.73. The van der Waals surface area contributed by atoms with E-state index in [1.54, 1.807) is 0 Å². The van der Waals surface area contributed by atoms with Crippen LogP contribution in [-0.2, 0) is 17.5 Å². The van der Waals surface area contributed by atoms with Crippen molar-refractivity contribution >= 4 is 46.0 Å². The molecule has 0 aliphatic heterocycles. The fraction of sp³-hybridized carbons (Fsp3) is 0.182. The Balaban J connectivity index is 1.77. The highest BCUT2D eigenvalue weighted by Crippen LogP contribution is 2.36. The molecular formula is C22H15ClF4N6O5. The maximum atomic E-state index is 14.0. The fourth-order valence-corrected chi connectivity index (χ4v) is 3.64. The number of benzene rings is 1. The van der Waals surface area contributed by atoms with Crippen LogP contribution in [0, 0.1) is 12.7 Å². The zero-order valence-corrected chi connectivity index (χ0v) is 20.1. The van der Waals surface area contributed by atoms with Crippen LogP contribution in [0.25, 0.3) is 10.9 Å². The van der Waals surface area contributed by atoms with E-state index < -0.39 is 58.4 Å². The number of ether oxygens (including phenoxy) is 1. The van der Waals surface area contributed by atoms with E-state index in [4.69, 9.17) is 21.8 Å². The predicted molar refractivity (Wildman–Crippen MR) is 122 cm³/mol. The summed E-state index contributed by atoms with van der Waals surface area (Å²) in [7, 11) is 1.11. The molecule has 0 fully saturated rings. The topological polar surface area (TPSA) is 155 Å². The van der Waals surface area contributed by atoms with Crippen molar-refractivity contribution in [2.75, 3.05) is 12.4 Å². The van der Waals surface area contributed by atoms with Gasteiger partial charge in [0.25, 0.3) is 11.8 Å². The minimum atomic E-state index is -5.00. The molecule has 16 heteroatoms. The van der Waals surface area contributed by atoms with E-state index in [0.717, 1.165) is 36.3 Å². The van der Waals surface area contributed by atoms with Crippen LogP contribution in [0.4, 0.5) is 23.2 Å². The van der Waals surface area contributed by atoms with Crippen LogP contribution in [0.2, 0.25) is 5.02 Å². The molecule has 3 N–H and O–H groups in total. The molecule has 0 aliphatic rings. The molecule has 2 amide bonds. The summed E-state index contributed by atoms with van der Waals surface area (Å²) >= 11 is 5.82. The van der Waals surface area contributed by atoms with Gasteiger partial charge in [0.1, 0.15) is 24.3 Å². The Labute approximate surface area is 214 Å². The zero-order valence-electron chi connectivity index (χ0n) is 19.3. The van der Waals surface area contributed by atoms with E-state index in [0.29, 0.717) is 0 Å². The van der Waals surface area contributed by atoms with E-state index in [1.165, 1.54) is 6.92 Å². The Morgan fingerprint density at radius 2 is 1.89 bits per heavy atom. The molecule has 3 aromatic heterocycles. The lowest BCUT2D eigenvalue weighted by molar-refractivity contribution is -0.140. The Morgan fingerprint density at radius 3 is 2.53 bits per heavy atom. The number of nitrogens with two attached hydrogens (primary N) is 1. The minimum Gasteiger partial charge on any atom is -0.464 e. The van der Waals surface area contributed by atoms with E-state index in [9.17, 15) is 31.9 Å². The fourth-order valence-electron chi connectivity index (χ4n) is 3.47. The van der Waals surface area contributed by atoms with Crippen molar-refractivity contribution in [3.05, 3.63) is 69.5 Å². The maximum absolute atomic E-state index is 14.0. The van der Waals surface area contributed by atoms with Gasteiger partial charge in [0.2, 0.25) is 5.89 Å². The number of aromatic nitrogens is 4. The first-order valence-electron chi connectivity index (χ1n) is 10.4. The number of halogens is 5. The number of carbonyl (C=O) groups is 3. The Bertz CT molecular complexity index is 1610. The number of anilines is 1. The average Bonchev–Trinajstić information content (AvgIpc) is 3.44. The third-order valence-electron chi connectivity index (χ3n) is 5.29. The first kappa shape index (κ1) is 26.5. The molecule has 0 unspecified atom stereocenters. The van der Waals surface area contributed by atoms with E-state index in [-0.39, 0.29) is 33.7 Å². The van der Waals surface area contributed by atoms with Crippen molar-refractivity contribution in [3.63, 3.8) is 0 Å². The number of methoxy groups -OCH3 is 1. The molecule has 0 saturated heterocycles. The number of nitrogens with one attached hydrogen (secondary N) is 1. The summed E-state index contributed by atoms with van der Waals surface area (Å²) in [5.74, 6) is -4.06. The Hall–Kier alpha value is -4.53. The second-order valence-corrected chi connectivity index (χ2v) is 8.15. The quantitative estimate of drug-likeness (QED) is 0.270. The van der Waals surface area contributed by atoms with Gasteiger partial charge < -0.3 is 20.2 Å². The number of esters is 1. The van der Waals surface area contributed by atoms with Crippen LogP contribution in [0.5, 0.6) is 0 Å². The monoisotopic (exact) mass is 554 g/mol. The molecule has 0 spiro atoms. The summed E-state index contributed by atoms with van der Waals surface area (Å²) in [6, 6.07) is 2.84. The van der Waals surface area contributed by atoms with Gasteiger partial charge in [-0.1, -0.05) is 11.6 Å². The highest BCUT2D eigenvalue weighted by molar-refractivity contribution is 6.31. The van der Waals surface area contributed by atoms with Crippen LogP contribution in [0.15, 0.2) is 28.9 Å². The number of hydrogen-bond acceptors (Lipinski definition) is 8. The van der Waals surface area contributed by atoms with Gasteiger partial charge in [-0.2, -0.15) is 18.3 Å². The summed E-state index contributed by atoms with van der Waals surface area (Å²) in [5, 5.41) is 5.24. The Morgan fingerprint density at radius 1 is 1.18 bits per heavy atom. The second kappa shape index (κ2) is 9.74. The van der Waals surface area contributed by atoms with Crippen LogP contribution < -0.4 is 11.1 Å².